The maximum absolute atomic E-state index is 5.18. The zero-order chi connectivity index (χ0) is 11.4. The smallest absolute Gasteiger partial charge is 0.0663 e. The Hall–Kier alpha value is -1.09. The molecule has 0 saturated heterocycles. The van der Waals surface area contributed by atoms with Crippen LogP contribution < -0.4 is 5.32 Å². The van der Waals surface area contributed by atoms with Crippen molar-refractivity contribution < 1.29 is 4.74 Å². The van der Waals surface area contributed by atoms with Crippen molar-refractivity contribution >= 4 is 5.69 Å². The predicted molar refractivity (Wildman–Crippen MR) is 65.8 cm³/mol. The van der Waals surface area contributed by atoms with Gasteiger partial charge in [-0.15, -0.1) is 0 Å². The second-order valence-corrected chi connectivity index (χ2v) is 4.39. The molecule has 0 spiro atoms. The number of pyridine rings is 1. The number of nitrogens with one attached hydrogen (secondary N) is 1. The molecule has 1 aliphatic carbocycles. The standard InChI is InChI=1S/C13H20N2O/c1-3-11(9-16-2)15-12-7-10-5-4-6-13(10)14-8-12/h7-8,11,15H,3-6,9H2,1-2H3. The van der Waals surface area contributed by atoms with E-state index in [0.29, 0.717) is 6.04 Å². The fourth-order valence-electron chi connectivity index (χ4n) is 2.20. The summed E-state index contributed by atoms with van der Waals surface area (Å²) in [6.45, 7) is 2.91. The minimum absolute atomic E-state index is 0.381. The average Bonchev–Trinajstić information content (AvgIpc) is 2.75. The summed E-state index contributed by atoms with van der Waals surface area (Å²) in [6.07, 6.45) is 6.58. The summed E-state index contributed by atoms with van der Waals surface area (Å²) < 4.78 is 5.18. The van der Waals surface area contributed by atoms with E-state index in [4.69, 9.17) is 4.74 Å². The van der Waals surface area contributed by atoms with E-state index < -0.39 is 0 Å². The van der Waals surface area contributed by atoms with Gasteiger partial charge in [-0.05, 0) is 37.3 Å². The van der Waals surface area contributed by atoms with Crippen molar-refractivity contribution in [3.8, 4) is 0 Å². The Morgan fingerprint density at radius 2 is 2.38 bits per heavy atom. The SMILES string of the molecule is CCC(COC)Nc1cnc2c(c1)CCC2. The third-order valence-electron chi connectivity index (χ3n) is 3.15. The molecule has 0 amide bonds. The zero-order valence-electron chi connectivity index (χ0n) is 10.1. The minimum atomic E-state index is 0.381. The predicted octanol–water partition coefficient (Wildman–Crippen LogP) is 2.41. The van der Waals surface area contributed by atoms with Gasteiger partial charge >= 0.3 is 0 Å². The van der Waals surface area contributed by atoms with Crippen molar-refractivity contribution in [2.24, 2.45) is 0 Å². The average molecular weight is 220 g/mol. The van der Waals surface area contributed by atoms with Crippen LogP contribution in [0.15, 0.2) is 12.3 Å². The minimum Gasteiger partial charge on any atom is -0.383 e. The molecule has 0 aromatic carbocycles. The highest BCUT2D eigenvalue weighted by atomic mass is 16.5. The van der Waals surface area contributed by atoms with Gasteiger partial charge in [0.05, 0.1) is 18.5 Å². The highest BCUT2D eigenvalue weighted by molar-refractivity contribution is 5.46. The Kier molecular flexibility index (Phi) is 3.78. The van der Waals surface area contributed by atoms with Gasteiger partial charge < -0.3 is 10.1 Å². The van der Waals surface area contributed by atoms with Crippen LogP contribution in [0.5, 0.6) is 0 Å². The van der Waals surface area contributed by atoms with Crippen LogP contribution in [-0.4, -0.2) is 24.7 Å². The van der Waals surface area contributed by atoms with Crippen LogP contribution in [0.25, 0.3) is 0 Å². The van der Waals surface area contributed by atoms with E-state index >= 15 is 0 Å². The van der Waals surface area contributed by atoms with E-state index in [9.17, 15) is 0 Å². The number of ether oxygens (including phenoxy) is 1. The first-order chi connectivity index (χ1) is 7.83. The van der Waals surface area contributed by atoms with Gasteiger partial charge in [0.15, 0.2) is 0 Å². The highest BCUT2D eigenvalue weighted by Gasteiger charge is 2.13. The maximum Gasteiger partial charge on any atom is 0.0663 e. The summed E-state index contributed by atoms with van der Waals surface area (Å²) in [5, 5.41) is 3.47. The van der Waals surface area contributed by atoms with Gasteiger partial charge in [-0.25, -0.2) is 0 Å². The lowest BCUT2D eigenvalue weighted by molar-refractivity contribution is 0.184. The Morgan fingerprint density at radius 3 is 3.12 bits per heavy atom. The first kappa shape index (κ1) is 11.4. The quantitative estimate of drug-likeness (QED) is 0.827. The number of aryl methyl sites for hydroxylation is 2. The number of aromatic nitrogens is 1. The van der Waals surface area contributed by atoms with Crippen LogP contribution in [-0.2, 0) is 17.6 Å². The monoisotopic (exact) mass is 220 g/mol. The lowest BCUT2D eigenvalue weighted by Crippen LogP contribution is -2.24. The molecule has 1 unspecified atom stereocenters. The van der Waals surface area contributed by atoms with Gasteiger partial charge in [0, 0.05) is 18.8 Å². The molecule has 1 heterocycles. The molecule has 0 aliphatic heterocycles. The fourth-order valence-corrected chi connectivity index (χ4v) is 2.20. The van der Waals surface area contributed by atoms with Gasteiger partial charge in [0.25, 0.3) is 0 Å². The topological polar surface area (TPSA) is 34.1 Å². The molecule has 3 heteroatoms. The molecule has 1 N–H and O–H groups in total. The molecule has 0 fully saturated rings. The second-order valence-electron chi connectivity index (χ2n) is 4.39. The number of hydrogen-bond acceptors (Lipinski definition) is 3. The molecule has 0 saturated carbocycles. The largest absolute Gasteiger partial charge is 0.383 e. The summed E-state index contributed by atoms with van der Waals surface area (Å²) in [5.41, 5.74) is 3.83. The lowest BCUT2D eigenvalue weighted by Gasteiger charge is -2.17. The molecular formula is C13H20N2O. The van der Waals surface area contributed by atoms with Gasteiger partial charge in [-0.1, -0.05) is 6.92 Å². The van der Waals surface area contributed by atoms with Crippen molar-refractivity contribution in [2.45, 2.75) is 38.6 Å². The molecular weight excluding hydrogens is 200 g/mol. The molecule has 1 aliphatic rings. The Balaban J connectivity index is 2.04. The van der Waals surface area contributed by atoms with Crippen molar-refractivity contribution in [1.29, 1.82) is 0 Å². The summed E-state index contributed by atoms with van der Waals surface area (Å²) >= 11 is 0. The Bertz CT molecular complexity index is 352. The lowest BCUT2D eigenvalue weighted by atomic mass is 10.2. The molecule has 3 nitrogen and oxygen atoms in total. The van der Waals surface area contributed by atoms with Crippen LogP contribution in [0.2, 0.25) is 0 Å². The molecule has 16 heavy (non-hydrogen) atoms. The third kappa shape index (κ3) is 2.53. The summed E-state index contributed by atoms with van der Waals surface area (Å²) in [7, 11) is 1.74. The van der Waals surface area contributed by atoms with E-state index in [0.717, 1.165) is 25.1 Å². The number of anilines is 1. The first-order valence-electron chi connectivity index (χ1n) is 6.06. The molecule has 1 atom stereocenters. The molecule has 1 aromatic rings. The van der Waals surface area contributed by atoms with Crippen molar-refractivity contribution in [3.63, 3.8) is 0 Å². The zero-order valence-corrected chi connectivity index (χ0v) is 10.1. The number of nitrogens with zero attached hydrogens (tertiary/aromatic N) is 1. The number of hydrogen-bond donors (Lipinski definition) is 1. The first-order valence-corrected chi connectivity index (χ1v) is 6.06. The van der Waals surface area contributed by atoms with E-state index in [1.165, 1.54) is 24.1 Å². The van der Waals surface area contributed by atoms with E-state index in [1.807, 2.05) is 6.20 Å². The summed E-state index contributed by atoms with van der Waals surface area (Å²) in [5.74, 6) is 0. The Labute approximate surface area is 97.2 Å². The van der Waals surface area contributed by atoms with Gasteiger partial charge in [-0.3, -0.25) is 4.98 Å². The highest BCUT2D eigenvalue weighted by Crippen LogP contribution is 2.22. The van der Waals surface area contributed by atoms with Crippen LogP contribution in [0, 0.1) is 0 Å². The van der Waals surface area contributed by atoms with Crippen LogP contribution in [0.3, 0.4) is 0 Å². The molecule has 88 valence electrons. The number of methoxy groups -OCH3 is 1. The van der Waals surface area contributed by atoms with Crippen LogP contribution >= 0.6 is 0 Å². The molecule has 1 aromatic heterocycles. The van der Waals surface area contributed by atoms with Crippen molar-refractivity contribution in [2.75, 3.05) is 19.0 Å². The van der Waals surface area contributed by atoms with Crippen LogP contribution in [0.1, 0.15) is 31.0 Å². The van der Waals surface area contributed by atoms with E-state index in [-0.39, 0.29) is 0 Å². The van der Waals surface area contributed by atoms with Gasteiger partial charge in [-0.2, -0.15) is 0 Å². The number of rotatable bonds is 5. The number of fused-ring (bicyclic) bond motifs is 1. The maximum atomic E-state index is 5.18. The second kappa shape index (κ2) is 5.30. The van der Waals surface area contributed by atoms with E-state index in [1.54, 1.807) is 7.11 Å². The van der Waals surface area contributed by atoms with Gasteiger partial charge in [0.2, 0.25) is 0 Å². The van der Waals surface area contributed by atoms with Crippen molar-refractivity contribution in [1.82, 2.24) is 4.98 Å². The molecule has 2 rings (SSSR count). The summed E-state index contributed by atoms with van der Waals surface area (Å²) in [4.78, 5) is 4.50. The molecule has 0 radical (unpaired) electrons. The fraction of sp³-hybridized carbons (Fsp3) is 0.615. The van der Waals surface area contributed by atoms with E-state index in [2.05, 4.69) is 23.3 Å². The van der Waals surface area contributed by atoms with Gasteiger partial charge in [0.1, 0.15) is 0 Å². The third-order valence-corrected chi connectivity index (χ3v) is 3.15. The normalized spacial score (nSPS) is 15.9. The summed E-state index contributed by atoms with van der Waals surface area (Å²) in [6, 6.07) is 2.62. The Morgan fingerprint density at radius 1 is 1.50 bits per heavy atom. The molecule has 0 bridgehead atoms. The van der Waals surface area contributed by atoms with Crippen molar-refractivity contribution in [3.05, 3.63) is 23.5 Å². The van der Waals surface area contributed by atoms with Crippen LogP contribution in [0.4, 0.5) is 5.69 Å².